The van der Waals surface area contributed by atoms with E-state index in [2.05, 4.69) is 38.1 Å². The van der Waals surface area contributed by atoms with E-state index in [1.807, 2.05) is 26.1 Å². The summed E-state index contributed by atoms with van der Waals surface area (Å²) < 4.78 is 0. The average molecular weight is 249 g/mol. The molecule has 1 aromatic heterocycles. The third kappa shape index (κ3) is 6.32. The molecular weight excluding hydrogens is 226 g/mol. The number of rotatable bonds is 5. The maximum absolute atomic E-state index is 4.38. The Hall–Kier alpha value is -1.02. The molecule has 0 saturated carbocycles. The van der Waals surface area contributed by atoms with Gasteiger partial charge in [0, 0.05) is 11.1 Å². The van der Waals surface area contributed by atoms with Crippen molar-refractivity contribution < 1.29 is 0 Å². The molecule has 17 heavy (non-hydrogen) atoms. The first kappa shape index (κ1) is 16.0. The van der Waals surface area contributed by atoms with Gasteiger partial charge in [0.15, 0.2) is 0 Å². The highest BCUT2D eigenvalue weighted by Gasteiger charge is 2.01. The second-order valence-electron chi connectivity index (χ2n) is 3.86. The van der Waals surface area contributed by atoms with Crippen molar-refractivity contribution in [2.75, 3.05) is 0 Å². The van der Waals surface area contributed by atoms with Crippen molar-refractivity contribution in [3.05, 3.63) is 48.2 Å². The van der Waals surface area contributed by atoms with E-state index in [1.165, 1.54) is 17.3 Å². The summed E-state index contributed by atoms with van der Waals surface area (Å²) in [5.41, 5.74) is 2.22. The van der Waals surface area contributed by atoms with Crippen LogP contribution >= 0.6 is 11.8 Å². The van der Waals surface area contributed by atoms with E-state index in [0.717, 1.165) is 17.0 Å². The summed E-state index contributed by atoms with van der Waals surface area (Å²) in [6, 6.07) is 4.15. The summed E-state index contributed by atoms with van der Waals surface area (Å²) in [5, 5.41) is 1.77. The summed E-state index contributed by atoms with van der Waals surface area (Å²) >= 11 is 1.51. The van der Waals surface area contributed by atoms with E-state index in [0.29, 0.717) is 5.92 Å². The van der Waals surface area contributed by atoms with Gasteiger partial charge in [-0.05, 0) is 29.4 Å². The van der Waals surface area contributed by atoms with Gasteiger partial charge in [-0.25, -0.2) is 0 Å². The zero-order valence-electron chi connectivity index (χ0n) is 11.4. The summed E-state index contributed by atoms with van der Waals surface area (Å²) in [4.78, 5) is 5.33. The van der Waals surface area contributed by atoms with Crippen molar-refractivity contribution in [1.29, 1.82) is 0 Å². The quantitative estimate of drug-likeness (QED) is 0.715. The summed E-state index contributed by atoms with van der Waals surface area (Å²) in [5.74, 6) is 0.670. The highest BCUT2D eigenvalue weighted by molar-refractivity contribution is 8.10. The van der Waals surface area contributed by atoms with Gasteiger partial charge in [-0.15, -0.1) is 0 Å². The van der Waals surface area contributed by atoms with Gasteiger partial charge < -0.3 is 0 Å². The molecule has 2 heteroatoms. The second kappa shape index (κ2) is 9.06. The van der Waals surface area contributed by atoms with Gasteiger partial charge in [0.2, 0.25) is 0 Å². The normalized spacial score (nSPS) is 9.47. The number of nitrogens with zero attached hydrogens (tertiary/aromatic N) is 1. The molecule has 94 valence electrons. The number of hydrogen-bond donors (Lipinski definition) is 0. The zero-order chi connectivity index (χ0) is 13.3. The molecule has 0 bridgehead atoms. The molecular formula is C15H23NS. The minimum absolute atomic E-state index is 0.670. The van der Waals surface area contributed by atoms with Gasteiger partial charge in [-0.3, -0.25) is 4.98 Å². The molecule has 0 amide bonds. The van der Waals surface area contributed by atoms with E-state index < -0.39 is 0 Å². The van der Waals surface area contributed by atoms with Crippen LogP contribution in [0.4, 0.5) is 0 Å². The molecule has 1 nitrogen and oxygen atoms in total. The molecule has 1 rings (SSSR count). The van der Waals surface area contributed by atoms with Crippen LogP contribution in [0.15, 0.2) is 36.9 Å². The molecule has 0 aliphatic heterocycles. The van der Waals surface area contributed by atoms with Gasteiger partial charge in [0.05, 0.1) is 5.69 Å². The second-order valence-corrected chi connectivity index (χ2v) is 4.92. The topological polar surface area (TPSA) is 12.9 Å². The number of thioether (sulfide) groups is 1. The Kier molecular flexibility index (Phi) is 8.51. The fraction of sp³-hybridized carbons (Fsp3) is 0.400. The minimum atomic E-state index is 0.670. The monoisotopic (exact) mass is 249 g/mol. The van der Waals surface area contributed by atoms with Gasteiger partial charge in [-0.1, -0.05) is 58.7 Å². The molecule has 0 spiro atoms. The Morgan fingerprint density at radius 3 is 2.47 bits per heavy atom. The van der Waals surface area contributed by atoms with Crippen molar-refractivity contribution in [2.45, 2.75) is 34.1 Å². The standard InChI is InChI=1S/C13H17NS.C2H6/c1-5-15-11(4)13-7-6-12(9-14-13)8-10(2)3;1-2/h5-7,9-10H,1,4,8H2,2-3H3;1-2H3. The highest BCUT2D eigenvalue weighted by atomic mass is 32.2. The zero-order valence-corrected chi connectivity index (χ0v) is 12.2. The minimum Gasteiger partial charge on any atom is -0.255 e. The average Bonchev–Trinajstić information content (AvgIpc) is 2.32. The van der Waals surface area contributed by atoms with Crippen LogP contribution in [0.1, 0.15) is 39.0 Å². The first-order valence-corrected chi connectivity index (χ1v) is 6.93. The number of hydrogen-bond acceptors (Lipinski definition) is 2. The highest BCUT2D eigenvalue weighted by Crippen LogP contribution is 2.24. The maximum Gasteiger partial charge on any atom is 0.0762 e. The van der Waals surface area contributed by atoms with E-state index in [9.17, 15) is 0 Å². The summed E-state index contributed by atoms with van der Waals surface area (Å²) in [6.45, 7) is 16.0. The third-order valence-corrected chi connectivity index (χ3v) is 2.64. The van der Waals surface area contributed by atoms with Crippen molar-refractivity contribution in [3.63, 3.8) is 0 Å². The van der Waals surface area contributed by atoms with Gasteiger partial charge >= 0.3 is 0 Å². The Balaban J connectivity index is 0.00000121. The predicted octanol–water partition coefficient (Wildman–Crippen LogP) is 5.15. The van der Waals surface area contributed by atoms with Crippen molar-refractivity contribution in [2.24, 2.45) is 5.92 Å². The van der Waals surface area contributed by atoms with Gasteiger partial charge in [0.1, 0.15) is 0 Å². The van der Waals surface area contributed by atoms with Crippen LogP contribution in [-0.2, 0) is 6.42 Å². The van der Waals surface area contributed by atoms with E-state index in [-0.39, 0.29) is 0 Å². The Morgan fingerprint density at radius 2 is 2.06 bits per heavy atom. The third-order valence-electron chi connectivity index (χ3n) is 1.98. The number of pyridine rings is 1. The maximum atomic E-state index is 4.38. The molecule has 0 aliphatic rings. The lowest BCUT2D eigenvalue weighted by atomic mass is 10.0. The largest absolute Gasteiger partial charge is 0.255 e. The van der Waals surface area contributed by atoms with Crippen LogP contribution in [0.5, 0.6) is 0 Å². The molecule has 0 saturated heterocycles. The SMILES string of the molecule is C=CSC(=C)c1ccc(CC(C)C)cn1.CC. The Morgan fingerprint density at radius 1 is 1.41 bits per heavy atom. The van der Waals surface area contributed by atoms with Crippen LogP contribution < -0.4 is 0 Å². The fourth-order valence-electron chi connectivity index (χ4n) is 1.34. The molecule has 0 atom stereocenters. The Labute approximate surface area is 110 Å². The van der Waals surface area contributed by atoms with E-state index in [1.54, 1.807) is 5.41 Å². The first-order valence-electron chi connectivity index (χ1n) is 6.05. The van der Waals surface area contributed by atoms with E-state index >= 15 is 0 Å². The van der Waals surface area contributed by atoms with Crippen molar-refractivity contribution in [1.82, 2.24) is 4.98 Å². The van der Waals surface area contributed by atoms with Gasteiger partial charge in [-0.2, -0.15) is 0 Å². The molecule has 0 aromatic carbocycles. The first-order chi connectivity index (χ1) is 8.13. The molecule has 0 N–H and O–H groups in total. The smallest absolute Gasteiger partial charge is 0.0762 e. The number of aromatic nitrogens is 1. The lowest BCUT2D eigenvalue weighted by molar-refractivity contribution is 0.645. The van der Waals surface area contributed by atoms with Crippen LogP contribution in [-0.4, -0.2) is 4.98 Å². The van der Waals surface area contributed by atoms with Crippen molar-refractivity contribution in [3.8, 4) is 0 Å². The van der Waals surface area contributed by atoms with Crippen molar-refractivity contribution >= 4 is 16.7 Å². The predicted molar refractivity (Wildman–Crippen MR) is 80.9 cm³/mol. The van der Waals surface area contributed by atoms with Crippen LogP contribution in [0.2, 0.25) is 0 Å². The molecule has 0 fully saturated rings. The molecule has 0 aliphatic carbocycles. The summed E-state index contributed by atoms with van der Waals surface area (Å²) in [7, 11) is 0. The Bertz CT molecular complexity index is 338. The van der Waals surface area contributed by atoms with Crippen LogP contribution in [0, 0.1) is 5.92 Å². The molecule has 0 unspecified atom stereocenters. The fourth-order valence-corrected chi connectivity index (χ4v) is 1.79. The molecule has 0 radical (unpaired) electrons. The lowest BCUT2D eigenvalue weighted by Crippen LogP contribution is -1.95. The molecule has 1 aromatic rings. The van der Waals surface area contributed by atoms with Crippen LogP contribution in [0.25, 0.3) is 4.91 Å². The van der Waals surface area contributed by atoms with E-state index in [4.69, 9.17) is 0 Å². The lowest BCUT2D eigenvalue weighted by Gasteiger charge is -2.06. The van der Waals surface area contributed by atoms with Crippen LogP contribution in [0.3, 0.4) is 0 Å². The summed E-state index contributed by atoms with van der Waals surface area (Å²) in [6.07, 6.45) is 3.01. The molecule has 1 heterocycles. The van der Waals surface area contributed by atoms with Gasteiger partial charge in [0.25, 0.3) is 0 Å².